The number of imide groups is 1. The van der Waals surface area contributed by atoms with Crippen LogP contribution in [0.25, 0.3) is 0 Å². The number of fused-ring (bicyclic) bond motifs is 1. The maximum Gasteiger partial charge on any atom is 0.233 e. The Kier molecular flexibility index (Phi) is 2.86. The molecule has 0 spiro atoms. The molecule has 2 amide bonds. The fraction of sp³-hybridized carbons (Fsp3) is 0.692. The smallest absolute Gasteiger partial charge is 0.233 e. The summed E-state index contributed by atoms with van der Waals surface area (Å²) >= 11 is 0. The number of nitrogens with one attached hydrogen (secondary N) is 1. The Morgan fingerprint density at radius 2 is 1.88 bits per heavy atom. The van der Waals surface area contributed by atoms with Crippen LogP contribution in [0.1, 0.15) is 20.8 Å². The van der Waals surface area contributed by atoms with Crippen LogP contribution < -0.4 is 5.32 Å². The van der Waals surface area contributed by atoms with E-state index in [1.807, 2.05) is 20.8 Å². The van der Waals surface area contributed by atoms with E-state index < -0.39 is 0 Å². The Balaban J connectivity index is 1.95. The number of carbonyl (C=O) groups excluding carboxylic acids is 2. The van der Waals surface area contributed by atoms with E-state index >= 15 is 0 Å². The molecule has 0 bridgehead atoms. The molecule has 2 fully saturated rings. The van der Waals surface area contributed by atoms with Crippen LogP contribution in [-0.2, 0) is 9.59 Å². The summed E-state index contributed by atoms with van der Waals surface area (Å²) in [7, 11) is 0. The molecule has 0 radical (unpaired) electrons. The third-order valence-corrected chi connectivity index (χ3v) is 3.90. The highest BCUT2D eigenvalue weighted by atomic mass is 16.2. The first-order valence-electron chi connectivity index (χ1n) is 6.13. The lowest BCUT2D eigenvalue weighted by Crippen LogP contribution is -2.38. The number of rotatable bonds is 5. The average molecular weight is 236 g/mol. The van der Waals surface area contributed by atoms with E-state index in [-0.39, 0.29) is 29.1 Å². The maximum atomic E-state index is 12.0. The van der Waals surface area contributed by atoms with E-state index in [1.165, 1.54) is 4.90 Å². The molecule has 4 nitrogen and oxygen atoms in total. The maximum absolute atomic E-state index is 12.0. The van der Waals surface area contributed by atoms with Crippen molar-refractivity contribution in [2.45, 2.75) is 20.8 Å². The molecule has 1 aliphatic heterocycles. The summed E-state index contributed by atoms with van der Waals surface area (Å²) in [4.78, 5) is 25.4. The SMILES string of the molecule is C=C(CNCC)CN1C(=O)C2C(C1=O)C2(C)C. The molecule has 2 aliphatic rings. The lowest BCUT2D eigenvalue weighted by Gasteiger charge is -2.21. The summed E-state index contributed by atoms with van der Waals surface area (Å²) in [6.07, 6.45) is 0. The molecule has 2 unspecified atom stereocenters. The highest BCUT2D eigenvalue weighted by Gasteiger charge is 2.72. The molecule has 94 valence electrons. The lowest BCUT2D eigenvalue weighted by atomic mass is 10.1. The summed E-state index contributed by atoms with van der Waals surface area (Å²) in [5, 5.41) is 3.14. The fourth-order valence-electron chi connectivity index (χ4n) is 2.74. The van der Waals surface area contributed by atoms with Gasteiger partial charge in [-0.25, -0.2) is 0 Å². The van der Waals surface area contributed by atoms with Crippen LogP contribution in [0.15, 0.2) is 12.2 Å². The van der Waals surface area contributed by atoms with E-state index in [0.717, 1.165) is 12.1 Å². The number of piperidine rings is 1. The van der Waals surface area contributed by atoms with E-state index in [9.17, 15) is 9.59 Å². The van der Waals surface area contributed by atoms with Crippen molar-refractivity contribution in [1.82, 2.24) is 10.2 Å². The van der Waals surface area contributed by atoms with Crippen molar-refractivity contribution in [2.75, 3.05) is 19.6 Å². The minimum atomic E-state index is -0.117. The summed E-state index contributed by atoms with van der Waals surface area (Å²) in [6.45, 7) is 11.8. The van der Waals surface area contributed by atoms with Crippen molar-refractivity contribution >= 4 is 11.8 Å². The quantitative estimate of drug-likeness (QED) is 0.567. The monoisotopic (exact) mass is 236 g/mol. The van der Waals surface area contributed by atoms with Crippen molar-refractivity contribution in [3.05, 3.63) is 12.2 Å². The van der Waals surface area contributed by atoms with Crippen molar-refractivity contribution in [3.8, 4) is 0 Å². The van der Waals surface area contributed by atoms with Crippen LogP contribution in [0.3, 0.4) is 0 Å². The first-order chi connectivity index (χ1) is 7.91. The van der Waals surface area contributed by atoms with E-state index in [1.54, 1.807) is 0 Å². The number of hydrogen-bond acceptors (Lipinski definition) is 3. The normalized spacial score (nSPS) is 29.5. The van der Waals surface area contributed by atoms with Gasteiger partial charge in [0.15, 0.2) is 0 Å². The van der Waals surface area contributed by atoms with Gasteiger partial charge in [-0.2, -0.15) is 0 Å². The first kappa shape index (κ1) is 12.3. The zero-order valence-electron chi connectivity index (χ0n) is 10.7. The van der Waals surface area contributed by atoms with Gasteiger partial charge in [-0.15, -0.1) is 0 Å². The topological polar surface area (TPSA) is 49.4 Å². The Morgan fingerprint density at radius 1 is 1.35 bits per heavy atom. The van der Waals surface area contributed by atoms with Crippen LogP contribution in [0, 0.1) is 17.3 Å². The van der Waals surface area contributed by atoms with Gasteiger partial charge >= 0.3 is 0 Å². The zero-order valence-corrected chi connectivity index (χ0v) is 10.7. The van der Waals surface area contributed by atoms with E-state index in [4.69, 9.17) is 0 Å². The summed E-state index contributed by atoms with van der Waals surface area (Å²) in [6, 6.07) is 0. The number of likely N-dealkylation sites (N-methyl/N-ethyl adjacent to an activating group) is 1. The Bertz CT molecular complexity index is 363. The molecule has 1 saturated carbocycles. The van der Waals surface area contributed by atoms with Crippen LogP contribution >= 0.6 is 0 Å². The third kappa shape index (κ3) is 1.80. The molecular weight excluding hydrogens is 216 g/mol. The van der Waals surface area contributed by atoms with Crippen LogP contribution in [0.4, 0.5) is 0 Å². The van der Waals surface area contributed by atoms with Gasteiger partial charge in [0.25, 0.3) is 0 Å². The number of likely N-dealkylation sites (tertiary alicyclic amines) is 1. The minimum absolute atomic E-state index is 0.0114. The molecule has 2 atom stereocenters. The number of carbonyl (C=O) groups is 2. The Morgan fingerprint density at radius 3 is 2.35 bits per heavy atom. The van der Waals surface area contributed by atoms with Gasteiger partial charge in [0.2, 0.25) is 11.8 Å². The molecule has 1 heterocycles. The van der Waals surface area contributed by atoms with Crippen LogP contribution in [0.5, 0.6) is 0 Å². The van der Waals surface area contributed by atoms with Crippen molar-refractivity contribution < 1.29 is 9.59 Å². The molecule has 1 N–H and O–H groups in total. The molecule has 0 aromatic carbocycles. The molecule has 1 aliphatic carbocycles. The van der Waals surface area contributed by atoms with Gasteiger partial charge in [-0.3, -0.25) is 14.5 Å². The zero-order chi connectivity index (χ0) is 12.8. The van der Waals surface area contributed by atoms with Crippen LogP contribution in [0.2, 0.25) is 0 Å². The number of amides is 2. The van der Waals surface area contributed by atoms with Crippen LogP contribution in [-0.4, -0.2) is 36.3 Å². The second-order valence-corrected chi connectivity index (χ2v) is 5.57. The first-order valence-corrected chi connectivity index (χ1v) is 6.13. The molecular formula is C13H20N2O2. The predicted octanol–water partition coefficient (Wildman–Crippen LogP) is 0.793. The highest BCUT2D eigenvalue weighted by Crippen LogP contribution is 2.63. The van der Waals surface area contributed by atoms with E-state index in [2.05, 4.69) is 11.9 Å². The summed E-state index contributed by atoms with van der Waals surface area (Å²) in [5.41, 5.74) is 0.765. The molecule has 17 heavy (non-hydrogen) atoms. The Labute approximate surface area is 102 Å². The van der Waals surface area contributed by atoms with Crippen molar-refractivity contribution in [3.63, 3.8) is 0 Å². The third-order valence-electron chi connectivity index (χ3n) is 3.90. The molecule has 2 rings (SSSR count). The number of nitrogens with zero attached hydrogens (tertiary/aromatic N) is 1. The van der Waals surface area contributed by atoms with Gasteiger partial charge < -0.3 is 5.32 Å². The summed E-state index contributed by atoms with van der Waals surface area (Å²) in [5.74, 6) is -0.186. The predicted molar refractivity (Wildman–Crippen MR) is 65.2 cm³/mol. The lowest BCUT2D eigenvalue weighted by molar-refractivity contribution is -0.142. The van der Waals surface area contributed by atoms with Gasteiger partial charge in [0.05, 0.1) is 18.4 Å². The average Bonchev–Trinajstić information content (AvgIpc) is 2.73. The minimum Gasteiger partial charge on any atom is -0.313 e. The van der Waals surface area contributed by atoms with Crippen molar-refractivity contribution in [1.29, 1.82) is 0 Å². The van der Waals surface area contributed by atoms with Gasteiger partial charge in [0, 0.05) is 6.54 Å². The van der Waals surface area contributed by atoms with Gasteiger partial charge in [-0.1, -0.05) is 27.4 Å². The fourth-order valence-corrected chi connectivity index (χ4v) is 2.74. The molecule has 0 aromatic rings. The van der Waals surface area contributed by atoms with Crippen molar-refractivity contribution in [2.24, 2.45) is 17.3 Å². The second-order valence-electron chi connectivity index (χ2n) is 5.57. The van der Waals surface area contributed by atoms with E-state index in [0.29, 0.717) is 13.1 Å². The molecule has 1 saturated heterocycles. The summed E-state index contributed by atoms with van der Waals surface area (Å²) < 4.78 is 0. The second kappa shape index (κ2) is 3.95. The number of hydrogen-bond donors (Lipinski definition) is 1. The standard InChI is InChI=1S/C13H20N2O2/c1-5-14-6-8(2)7-15-11(16)9-10(12(15)17)13(9,3)4/h9-10,14H,2,5-7H2,1,3-4H3. The van der Waals surface area contributed by atoms with Gasteiger partial charge in [-0.05, 0) is 17.5 Å². The Hall–Kier alpha value is -1.16. The molecule has 0 aromatic heterocycles. The largest absolute Gasteiger partial charge is 0.313 e. The highest BCUT2D eigenvalue weighted by molar-refractivity contribution is 6.10. The molecule has 4 heteroatoms. The van der Waals surface area contributed by atoms with Gasteiger partial charge in [0.1, 0.15) is 0 Å².